The van der Waals surface area contributed by atoms with Crippen molar-refractivity contribution < 1.29 is 139 Å². The molecule has 0 amide bonds. The number of aliphatic hydroxyl groups is 10. The van der Waals surface area contributed by atoms with Crippen LogP contribution in [0, 0.1) is 0 Å². The molecule has 4 aromatic rings. The SMILES string of the molecule is O=C(C=Cc1ccc(O)c(O)c1)OCC1OC(Oc2cc(C3Oc4cc(O)cc(OC5OC(COC(=O)C=Cc6ccc(O)c(O)c6)C(O)C(O)C5O)c4C=C3OC3OC(CO)C(O)C(O)C3O)cc(O)c2O)C(O)C(O)C1O. The number of fused-ring (bicyclic) bond motifs is 1. The lowest BCUT2D eigenvalue weighted by atomic mass is 9.98. The van der Waals surface area contributed by atoms with Crippen molar-refractivity contribution in [2.75, 3.05) is 19.8 Å². The molecule has 4 aliphatic heterocycles. The Morgan fingerprint density at radius 1 is 0.494 bits per heavy atom. The number of benzene rings is 4. The lowest BCUT2D eigenvalue weighted by molar-refractivity contribution is -0.293. The summed E-state index contributed by atoms with van der Waals surface area (Å²) in [4.78, 5) is 25.2. The molecule has 0 spiro atoms. The monoisotopic (exact) mass is 1110 g/mol. The summed E-state index contributed by atoms with van der Waals surface area (Å²) in [5, 5.41) is 179. The second-order valence-electron chi connectivity index (χ2n) is 18.3. The second-order valence-corrected chi connectivity index (χ2v) is 18.3. The molecule has 79 heavy (non-hydrogen) atoms. The normalized spacial score (nSPS) is 30.7. The second kappa shape index (κ2) is 24.1. The number of phenolic OH excluding ortho intramolecular Hbond substituents is 7. The smallest absolute Gasteiger partial charge is 0.330 e. The van der Waals surface area contributed by atoms with Crippen LogP contribution in [0.15, 0.2) is 78.6 Å². The van der Waals surface area contributed by atoms with E-state index in [0.717, 1.165) is 54.6 Å². The van der Waals surface area contributed by atoms with E-state index < -0.39 is 187 Å². The lowest BCUT2D eigenvalue weighted by Gasteiger charge is -2.41. The van der Waals surface area contributed by atoms with Gasteiger partial charge in [0.1, 0.15) is 109 Å². The Morgan fingerprint density at radius 3 is 1.46 bits per heavy atom. The zero-order valence-corrected chi connectivity index (χ0v) is 40.6. The number of aromatic hydroxyl groups is 7. The van der Waals surface area contributed by atoms with Crippen molar-refractivity contribution >= 4 is 30.2 Å². The van der Waals surface area contributed by atoms with Crippen LogP contribution in [0.4, 0.5) is 0 Å². The van der Waals surface area contributed by atoms with E-state index in [-0.39, 0.29) is 22.4 Å². The average molecular weight is 1110 g/mol. The Kier molecular flexibility index (Phi) is 17.6. The van der Waals surface area contributed by atoms with E-state index >= 15 is 0 Å². The fourth-order valence-corrected chi connectivity index (χ4v) is 8.40. The molecule has 0 saturated carbocycles. The number of rotatable bonds is 16. The van der Waals surface area contributed by atoms with Gasteiger partial charge in [0.25, 0.3) is 0 Å². The number of phenols is 7. The third-order valence-electron chi connectivity index (χ3n) is 12.8. The first-order valence-corrected chi connectivity index (χ1v) is 23.8. The van der Waals surface area contributed by atoms with E-state index in [4.69, 9.17) is 42.6 Å². The third kappa shape index (κ3) is 12.8. The molecule has 0 aromatic heterocycles. The minimum atomic E-state index is -2.09. The first-order chi connectivity index (χ1) is 37.5. The van der Waals surface area contributed by atoms with Gasteiger partial charge >= 0.3 is 11.9 Å². The molecular weight excluding hydrogens is 1060 g/mol. The van der Waals surface area contributed by atoms with Crippen LogP contribution in [0.3, 0.4) is 0 Å². The summed E-state index contributed by atoms with van der Waals surface area (Å²) in [7, 11) is 0. The summed E-state index contributed by atoms with van der Waals surface area (Å²) in [6, 6.07) is 11.3. The first-order valence-electron chi connectivity index (χ1n) is 23.8. The maximum atomic E-state index is 12.6. The van der Waals surface area contributed by atoms with Gasteiger partial charge < -0.3 is 129 Å². The summed E-state index contributed by atoms with van der Waals surface area (Å²) in [5.41, 5.74) is 0.165. The molecule has 0 bridgehead atoms. The van der Waals surface area contributed by atoms with Crippen molar-refractivity contribution in [3.8, 4) is 57.5 Å². The molecule has 28 nitrogen and oxygen atoms in total. The molecule has 17 N–H and O–H groups in total. The maximum absolute atomic E-state index is 12.6. The van der Waals surface area contributed by atoms with Crippen molar-refractivity contribution in [1.29, 1.82) is 0 Å². The number of carbonyl (C=O) groups excluding carboxylic acids is 2. The first kappa shape index (κ1) is 57.5. The Labute approximate surface area is 444 Å². The van der Waals surface area contributed by atoms with Crippen LogP contribution in [0.25, 0.3) is 18.2 Å². The molecule has 3 fully saturated rings. The van der Waals surface area contributed by atoms with E-state index in [1.165, 1.54) is 36.4 Å². The van der Waals surface area contributed by atoms with Gasteiger partial charge in [0.2, 0.25) is 24.6 Å². The summed E-state index contributed by atoms with van der Waals surface area (Å²) >= 11 is 0. The topological polar surface area (TPSA) is 461 Å². The Bertz CT molecular complexity index is 2940. The van der Waals surface area contributed by atoms with Crippen molar-refractivity contribution in [2.24, 2.45) is 0 Å². The highest BCUT2D eigenvalue weighted by Gasteiger charge is 2.49. The van der Waals surface area contributed by atoms with Gasteiger partial charge in [-0.05, 0) is 65.8 Å². The molecule has 0 radical (unpaired) electrons. The Morgan fingerprint density at radius 2 is 0.962 bits per heavy atom. The van der Waals surface area contributed by atoms with Crippen LogP contribution in [0.2, 0.25) is 0 Å². The van der Waals surface area contributed by atoms with Gasteiger partial charge in [-0.3, -0.25) is 0 Å². The molecule has 16 unspecified atom stereocenters. The Balaban J connectivity index is 1.05. The maximum Gasteiger partial charge on any atom is 0.330 e. The molecule has 28 heteroatoms. The summed E-state index contributed by atoms with van der Waals surface area (Å²) in [6.45, 7) is -2.39. The van der Waals surface area contributed by atoms with Crippen molar-refractivity contribution in [3.63, 3.8) is 0 Å². The molecule has 4 aliphatic rings. The number of aliphatic hydroxyl groups excluding tert-OH is 10. The summed E-state index contributed by atoms with van der Waals surface area (Å²) in [6.07, 6.45) is -24.6. The fourth-order valence-electron chi connectivity index (χ4n) is 8.40. The van der Waals surface area contributed by atoms with E-state index in [1.54, 1.807) is 0 Å². The zero-order chi connectivity index (χ0) is 57.1. The lowest BCUT2D eigenvalue weighted by Crippen LogP contribution is -2.60. The third-order valence-corrected chi connectivity index (χ3v) is 12.8. The predicted molar refractivity (Wildman–Crippen MR) is 258 cm³/mol. The molecular formula is C51H54O28. The van der Waals surface area contributed by atoms with E-state index in [9.17, 15) is 96.4 Å². The molecule has 3 saturated heterocycles. The summed E-state index contributed by atoms with van der Waals surface area (Å²) < 4.78 is 51.3. The van der Waals surface area contributed by atoms with Crippen molar-refractivity contribution in [3.05, 3.63) is 101 Å². The van der Waals surface area contributed by atoms with Crippen LogP contribution >= 0.6 is 0 Å². The van der Waals surface area contributed by atoms with Crippen molar-refractivity contribution in [2.45, 2.75) is 98.2 Å². The molecule has 4 heterocycles. The van der Waals surface area contributed by atoms with Gasteiger partial charge in [-0.15, -0.1) is 0 Å². The van der Waals surface area contributed by atoms with E-state index in [0.29, 0.717) is 5.56 Å². The highest BCUT2D eigenvalue weighted by atomic mass is 16.7. The minimum absolute atomic E-state index is 0.175. The minimum Gasteiger partial charge on any atom is -0.508 e. The Hall–Kier alpha value is -7.68. The van der Waals surface area contributed by atoms with Gasteiger partial charge in [0.05, 0.1) is 12.2 Å². The molecule has 426 valence electrons. The van der Waals surface area contributed by atoms with Gasteiger partial charge in [0.15, 0.2) is 40.6 Å². The van der Waals surface area contributed by atoms with Crippen LogP contribution in [0.5, 0.6) is 57.5 Å². The number of hydrogen-bond acceptors (Lipinski definition) is 28. The molecule has 0 aliphatic carbocycles. The number of esters is 2. The van der Waals surface area contributed by atoms with Crippen LogP contribution in [-0.4, -0.2) is 211 Å². The van der Waals surface area contributed by atoms with Gasteiger partial charge in [-0.1, -0.05) is 12.1 Å². The highest BCUT2D eigenvalue weighted by Crippen LogP contribution is 2.48. The van der Waals surface area contributed by atoms with Crippen molar-refractivity contribution in [1.82, 2.24) is 0 Å². The number of carbonyl (C=O) groups is 2. The van der Waals surface area contributed by atoms with Gasteiger partial charge in [0, 0.05) is 29.8 Å². The average Bonchev–Trinajstić information content (AvgIpc) is 3.44. The standard InChI is InChI=1S/C51H54O28/c52-16-33-39(62)42(65)45(68)51(77-33)76-32-15-23-29(13-22(53)14-30(23)74-49-46(69)43(66)40(63)34(78-49)17-71-36(59)7-3-19-1-5-24(54)26(56)9-19)73-48(32)21-11-28(58)38(61)31(12-21)75-50-47(70)44(67)41(64)35(79-50)18-72-37(60)8-4-20-2-6-25(55)27(57)10-20/h1-15,33-35,39-58,61-70H,16-18H2. The van der Waals surface area contributed by atoms with Gasteiger partial charge in [-0.25, -0.2) is 9.59 Å². The number of ether oxygens (including phenoxy) is 9. The van der Waals surface area contributed by atoms with E-state index in [1.807, 2.05) is 0 Å². The van der Waals surface area contributed by atoms with E-state index in [2.05, 4.69) is 0 Å². The number of hydrogen-bond donors (Lipinski definition) is 17. The quantitative estimate of drug-likeness (QED) is 0.0322. The van der Waals surface area contributed by atoms with Crippen LogP contribution in [-0.2, 0) is 38.0 Å². The zero-order valence-electron chi connectivity index (χ0n) is 40.6. The highest BCUT2D eigenvalue weighted by molar-refractivity contribution is 5.87. The molecule has 4 aromatic carbocycles. The van der Waals surface area contributed by atoms with Crippen LogP contribution in [0.1, 0.15) is 28.4 Å². The summed E-state index contributed by atoms with van der Waals surface area (Å²) in [5.74, 6) is -8.13. The largest absolute Gasteiger partial charge is 0.508 e. The molecule has 16 atom stereocenters. The molecule has 8 rings (SSSR count). The van der Waals surface area contributed by atoms with Crippen LogP contribution < -0.4 is 14.2 Å². The fraction of sp³-hybridized carbons (Fsp3) is 0.373. The predicted octanol–water partition coefficient (Wildman–Crippen LogP) is -2.20. The van der Waals surface area contributed by atoms with Gasteiger partial charge in [-0.2, -0.15) is 0 Å².